The first-order valence-corrected chi connectivity index (χ1v) is 12.3. The average Bonchev–Trinajstić information content (AvgIpc) is 3.22. The van der Waals surface area contributed by atoms with Crippen LogP contribution in [0.25, 0.3) is 76.5 Å². The maximum Gasteiger partial charge on any atom is 0.0636 e. The zero-order valence-corrected chi connectivity index (χ0v) is 20.5. The van der Waals surface area contributed by atoms with E-state index in [-0.39, 0.29) is 27.1 Å². The molecular formula is C40H26. The Bertz CT molecular complexity index is 3180. The van der Waals surface area contributed by atoms with E-state index >= 15 is 0 Å². The Balaban J connectivity index is 1.67. The van der Waals surface area contributed by atoms with Crippen molar-refractivity contribution < 1.29 is 26.0 Å². The minimum atomic E-state index is -0.909. The van der Waals surface area contributed by atoms with Gasteiger partial charge in [-0.3, -0.25) is 0 Å². The minimum Gasteiger partial charge on any atom is -0.0616 e. The van der Waals surface area contributed by atoms with Gasteiger partial charge in [0.15, 0.2) is 0 Å². The highest BCUT2D eigenvalue weighted by molar-refractivity contribution is 6.21. The highest BCUT2D eigenvalue weighted by Crippen LogP contribution is 2.44. The van der Waals surface area contributed by atoms with Gasteiger partial charge in [0.2, 0.25) is 0 Å². The third kappa shape index (κ3) is 3.69. The predicted molar refractivity (Wildman–Crippen MR) is 173 cm³/mol. The van der Waals surface area contributed by atoms with E-state index in [1.165, 1.54) is 0 Å². The Morgan fingerprint density at radius 2 is 0.925 bits per heavy atom. The predicted octanol–water partition coefficient (Wildman–Crippen LogP) is 11.3. The molecule has 8 aromatic carbocycles. The molecule has 0 aromatic heterocycles. The molecular weight excluding hydrogens is 480 g/mol. The molecule has 0 bridgehead atoms. The molecule has 0 radical (unpaired) electrons. The van der Waals surface area contributed by atoms with Gasteiger partial charge in [-0.25, -0.2) is 0 Å². The zero-order valence-electron chi connectivity index (χ0n) is 39.5. The van der Waals surface area contributed by atoms with Crippen molar-refractivity contribution in [2.75, 3.05) is 0 Å². The van der Waals surface area contributed by atoms with Crippen LogP contribution in [-0.4, -0.2) is 0 Å². The van der Waals surface area contributed by atoms with Crippen LogP contribution in [0.2, 0.25) is 0 Å². The van der Waals surface area contributed by atoms with Gasteiger partial charge in [-0.15, -0.1) is 0 Å². The smallest absolute Gasteiger partial charge is 0.0616 e. The van der Waals surface area contributed by atoms with Crippen molar-refractivity contribution in [2.45, 2.75) is 0 Å². The van der Waals surface area contributed by atoms with Crippen LogP contribution in [0, 0.1) is 0 Å². The molecule has 0 aliphatic carbocycles. The van der Waals surface area contributed by atoms with Crippen LogP contribution >= 0.6 is 0 Å². The van der Waals surface area contributed by atoms with Crippen LogP contribution < -0.4 is 0 Å². The van der Waals surface area contributed by atoms with Crippen LogP contribution in [-0.2, 0) is 0 Å². The highest BCUT2D eigenvalue weighted by atomic mass is 14.2. The van der Waals surface area contributed by atoms with Gasteiger partial charge in [0.05, 0.1) is 26.0 Å². The summed E-state index contributed by atoms with van der Waals surface area (Å²) in [7, 11) is 0. The van der Waals surface area contributed by atoms with E-state index in [1.807, 2.05) is 12.1 Å². The second-order valence-electron chi connectivity index (χ2n) is 9.06. The third-order valence-electron chi connectivity index (χ3n) is 6.79. The van der Waals surface area contributed by atoms with E-state index in [9.17, 15) is 8.22 Å². The van der Waals surface area contributed by atoms with Crippen LogP contribution in [0.3, 0.4) is 0 Å². The molecule has 8 rings (SSSR count). The van der Waals surface area contributed by atoms with Gasteiger partial charge in [-0.2, -0.15) is 0 Å². The zero-order chi connectivity index (χ0) is 43.0. The first-order valence-electron chi connectivity index (χ1n) is 21.8. The van der Waals surface area contributed by atoms with E-state index in [0.717, 1.165) is 5.39 Å². The third-order valence-corrected chi connectivity index (χ3v) is 6.79. The van der Waals surface area contributed by atoms with Crippen LogP contribution in [0.4, 0.5) is 0 Å². The van der Waals surface area contributed by atoms with E-state index in [2.05, 4.69) is 0 Å². The molecule has 40 heavy (non-hydrogen) atoms. The summed E-state index contributed by atoms with van der Waals surface area (Å²) >= 11 is 0. The number of hydrogen-bond acceptors (Lipinski definition) is 0. The molecule has 0 nitrogen and oxygen atoms in total. The fourth-order valence-electron chi connectivity index (χ4n) is 5.01. The van der Waals surface area contributed by atoms with Gasteiger partial charge in [0.1, 0.15) is 0 Å². The summed E-state index contributed by atoms with van der Waals surface area (Å²) in [5, 5.41) is -0.717. The van der Waals surface area contributed by atoms with Crippen LogP contribution in [0.5, 0.6) is 0 Å². The first-order chi connectivity index (χ1) is 27.8. The van der Waals surface area contributed by atoms with E-state index in [0.29, 0.717) is 10.9 Å². The number of hydrogen-bond donors (Lipinski definition) is 0. The van der Waals surface area contributed by atoms with Crippen molar-refractivity contribution in [2.24, 2.45) is 0 Å². The average molecular weight is 526 g/mol. The van der Waals surface area contributed by atoms with E-state index < -0.39 is 148 Å². The molecule has 0 heterocycles. The summed E-state index contributed by atoms with van der Waals surface area (Å²) in [5.74, 6) is 0. The lowest BCUT2D eigenvalue weighted by molar-refractivity contribution is 1.63. The lowest BCUT2D eigenvalue weighted by Gasteiger charge is -2.18. The summed E-state index contributed by atoms with van der Waals surface area (Å²) in [4.78, 5) is 0. The van der Waals surface area contributed by atoms with Crippen molar-refractivity contribution >= 4 is 43.1 Å². The summed E-state index contributed by atoms with van der Waals surface area (Å²) in [6.45, 7) is 0. The first kappa shape index (κ1) is 10.8. The second-order valence-corrected chi connectivity index (χ2v) is 9.06. The molecule has 186 valence electrons. The quantitative estimate of drug-likeness (QED) is 0.201. The summed E-state index contributed by atoms with van der Waals surface area (Å²) in [5.41, 5.74) is -2.17. The molecule has 0 aliphatic rings. The van der Waals surface area contributed by atoms with Crippen molar-refractivity contribution in [1.29, 1.82) is 0 Å². The highest BCUT2D eigenvalue weighted by Gasteiger charge is 2.17. The molecule has 0 saturated carbocycles. The van der Waals surface area contributed by atoms with Gasteiger partial charge in [-0.05, 0) is 94.6 Å². The fraction of sp³-hybridized carbons (Fsp3) is 0. The van der Waals surface area contributed by atoms with Gasteiger partial charge >= 0.3 is 0 Å². The number of benzene rings is 8. The molecule has 0 spiro atoms. The molecule has 0 saturated heterocycles. The minimum absolute atomic E-state index is 0.00519. The Morgan fingerprint density at radius 3 is 1.65 bits per heavy atom. The Morgan fingerprint density at radius 1 is 0.350 bits per heavy atom. The molecule has 0 heteroatoms. The van der Waals surface area contributed by atoms with Gasteiger partial charge < -0.3 is 0 Å². The molecule has 0 amide bonds. The number of fused-ring (bicyclic) bond motifs is 4. The maximum atomic E-state index is 9.66. The van der Waals surface area contributed by atoms with Crippen LogP contribution in [0.1, 0.15) is 26.0 Å². The van der Waals surface area contributed by atoms with Crippen molar-refractivity contribution in [3.63, 3.8) is 0 Å². The molecule has 0 aliphatic heterocycles. The summed E-state index contributed by atoms with van der Waals surface area (Å²) in [6.07, 6.45) is 0. The molecule has 0 fully saturated rings. The summed E-state index contributed by atoms with van der Waals surface area (Å²) < 4.78 is 169. The topological polar surface area (TPSA) is 0 Å². The maximum absolute atomic E-state index is 9.66. The Kier molecular flexibility index (Phi) is 2.48. The Hall–Kier alpha value is -5.20. The SMILES string of the molecule is [2H]c1c([2H])c(-c2c([2H])c([2H])c3c([2H])c([2H])c([2H])c([2H])c3c2[2H])c([2H])c(-c2c3c([2H])c([2H])c([2H])c([2H])c3c(-c3ccc4ccccc4c3)c3c([2H])c([2H])c([2H])c([2H])c23)c1[2H]. The summed E-state index contributed by atoms with van der Waals surface area (Å²) in [6, 6.07) is -2.15. The lowest BCUT2D eigenvalue weighted by Crippen LogP contribution is -1.91. The monoisotopic (exact) mass is 525 g/mol. The lowest BCUT2D eigenvalue weighted by atomic mass is 9.85. The number of rotatable bonds is 3. The molecule has 8 aromatic rings. The van der Waals surface area contributed by atoms with Crippen LogP contribution in [0.15, 0.2) is 157 Å². The second kappa shape index (κ2) is 9.22. The van der Waals surface area contributed by atoms with Gasteiger partial charge in [0.25, 0.3) is 0 Å². The van der Waals surface area contributed by atoms with Crippen molar-refractivity contribution in [3.05, 3.63) is 157 Å². The molecule has 0 N–H and O–H groups in total. The fourth-order valence-corrected chi connectivity index (χ4v) is 5.01. The standard InChI is InChI=1S/C40H26/c1-3-12-29-24-32(22-20-27(29)10-1)31-14-9-15-33(26-31)39-35-16-5-7-18-37(35)40(38-19-8-6-17-36(38)39)34-23-21-28-11-2-4-13-30(28)25-34/h1-26H/i1D,3D,5D,6D,7D,8D,9D,10D,12D,14D,15D,16D,17D,18D,19D,20D,22D,24D,26D. The van der Waals surface area contributed by atoms with Gasteiger partial charge in [-0.1, -0.05) is 139 Å². The molecule has 0 atom stereocenters. The van der Waals surface area contributed by atoms with Gasteiger partial charge in [0, 0.05) is 0 Å². The van der Waals surface area contributed by atoms with E-state index in [1.54, 1.807) is 30.3 Å². The van der Waals surface area contributed by atoms with Crippen molar-refractivity contribution in [1.82, 2.24) is 0 Å². The largest absolute Gasteiger partial charge is 0.0636 e. The normalized spacial score (nSPS) is 18.1. The van der Waals surface area contributed by atoms with E-state index in [4.69, 9.17) is 17.8 Å². The molecule has 0 unspecified atom stereocenters. The Labute approximate surface area is 260 Å². The van der Waals surface area contributed by atoms with Crippen molar-refractivity contribution in [3.8, 4) is 33.4 Å².